The van der Waals surface area contributed by atoms with E-state index in [1.807, 2.05) is 24.3 Å². The number of aromatic hydroxyl groups is 1. The molecule has 0 amide bonds. The van der Waals surface area contributed by atoms with E-state index < -0.39 is 27.0 Å². The van der Waals surface area contributed by atoms with Crippen molar-refractivity contribution in [2.45, 2.75) is 30.2 Å². The van der Waals surface area contributed by atoms with Crippen LogP contribution in [0.5, 0.6) is 17.2 Å². The SMILES string of the molecule is O=c1cnn(-c2cc(Cl)c(Oc3ccc(O)c(S(=O)(=O)NC4CCc5ccccc5C4)c3)c(Cl)c2)c(=O)[nH]1. The fourth-order valence-corrected chi connectivity index (χ4v) is 6.21. The molecule has 0 bridgehead atoms. The third-order valence-electron chi connectivity index (χ3n) is 6.05. The monoisotopic (exact) mass is 574 g/mol. The largest absolute Gasteiger partial charge is 0.507 e. The number of fused-ring (bicyclic) bond motifs is 1. The summed E-state index contributed by atoms with van der Waals surface area (Å²) in [5.74, 6) is -0.411. The Morgan fingerprint density at radius 2 is 1.76 bits per heavy atom. The molecule has 0 saturated carbocycles. The lowest BCUT2D eigenvalue weighted by atomic mass is 9.89. The molecule has 0 spiro atoms. The highest BCUT2D eigenvalue weighted by Gasteiger charge is 2.27. The van der Waals surface area contributed by atoms with E-state index in [2.05, 4.69) is 14.8 Å². The van der Waals surface area contributed by atoms with Crippen molar-refractivity contribution in [3.05, 3.63) is 103 Å². The van der Waals surface area contributed by atoms with Gasteiger partial charge in [-0.15, -0.1) is 0 Å². The molecule has 38 heavy (non-hydrogen) atoms. The predicted molar refractivity (Wildman–Crippen MR) is 141 cm³/mol. The van der Waals surface area contributed by atoms with E-state index in [4.69, 9.17) is 27.9 Å². The summed E-state index contributed by atoms with van der Waals surface area (Å²) in [5.41, 5.74) is 0.993. The summed E-state index contributed by atoms with van der Waals surface area (Å²) in [7, 11) is -4.10. The first-order chi connectivity index (χ1) is 18.1. The Bertz CT molecular complexity index is 1750. The van der Waals surface area contributed by atoms with E-state index in [-0.39, 0.29) is 38.2 Å². The lowest BCUT2D eigenvalue weighted by Crippen LogP contribution is -2.38. The van der Waals surface area contributed by atoms with Crippen LogP contribution >= 0.6 is 23.2 Å². The zero-order valence-corrected chi connectivity index (χ0v) is 21.8. The molecule has 1 unspecified atom stereocenters. The van der Waals surface area contributed by atoms with Crippen LogP contribution in [0.3, 0.4) is 0 Å². The second kappa shape index (κ2) is 10.3. The number of aromatic nitrogens is 3. The number of ether oxygens (including phenoxy) is 1. The highest BCUT2D eigenvalue weighted by molar-refractivity contribution is 7.89. The first kappa shape index (κ1) is 26.0. The van der Waals surface area contributed by atoms with Gasteiger partial charge >= 0.3 is 5.69 Å². The summed E-state index contributed by atoms with van der Waals surface area (Å²) in [5, 5.41) is 14.1. The fraction of sp³-hybridized carbons (Fsp3) is 0.160. The molecule has 1 heterocycles. The van der Waals surface area contributed by atoms with Gasteiger partial charge in [0.2, 0.25) is 10.0 Å². The van der Waals surface area contributed by atoms with Crippen LogP contribution in [0.4, 0.5) is 0 Å². The zero-order valence-electron chi connectivity index (χ0n) is 19.5. The molecule has 4 aromatic rings. The van der Waals surface area contributed by atoms with Crippen LogP contribution in [0.25, 0.3) is 5.69 Å². The normalized spacial score (nSPS) is 15.2. The van der Waals surface area contributed by atoms with Gasteiger partial charge in [-0.25, -0.2) is 17.9 Å². The van der Waals surface area contributed by atoms with Crippen molar-refractivity contribution in [2.24, 2.45) is 0 Å². The molecular formula is C25H20Cl2N4O6S. The molecule has 1 aliphatic rings. The second-order valence-electron chi connectivity index (χ2n) is 8.65. The molecule has 1 aliphatic carbocycles. The van der Waals surface area contributed by atoms with Crippen LogP contribution in [-0.4, -0.2) is 34.3 Å². The van der Waals surface area contributed by atoms with Crippen molar-refractivity contribution in [1.29, 1.82) is 0 Å². The minimum atomic E-state index is -4.10. The third-order valence-corrected chi connectivity index (χ3v) is 8.16. The van der Waals surface area contributed by atoms with Gasteiger partial charge in [0.05, 0.1) is 15.7 Å². The fourth-order valence-electron chi connectivity index (χ4n) is 4.28. The molecular weight excluding hydrogens is 555 g/mol. The number of benzene rings is 3. The van der Waals surface area contributed by atoms with Gasteiger partial charge < -0.3 is 9.84 Å². The van der Waals surface area contributed by atoms with Gasteiger partial charge in [0.25, 0.3) is 5.56 Å². The topological polar surface area (TPSA) is 143 Å². The van der Waals surface area contributed by atoms with Crippen LogP contribution in [0.1, 0.15) is 17.5 Å². The third kappa shape index (κ3) is 5.32. The first-order valence-electron chi connectivity index (χ1n) is 11.4. The highest BCUT2D eigenvalue weighted by Crippen LogP contribution is 2.39. The maximum absolute atomic E-state index is 13.2. The van der Waals surface area contributed by atoms with Crippen molar-refractivity contribution in [3.63, 3.8) is 0 Å². The summed E-state index contributed by atoms with van der Waals surface area (Å²) >= 11 is 12.7. The van der Waals surface area contributed by atoms with Gasteiger partial charge in [0.15, 0.2) is 5.75 Å². The minimum absolute atomic E-state index is 0.0103. The Morgan fingerprint density at radius 3 is 2.47 bits per heavy atom. The zero-order chi connectivity index (χ0) is 27.0. The maximum Gasteiger partial charge on any atom is 0.349 e. The van der Waals surface area contributed by atoms with Crippen LogP contribution in [0, 0.1) is 0 Å². The van der Waals surface area contributed by atoms with Crippen molar-refractivity contribution >= 4 is 33.2 Å². The lowest BCUT2D eigenvalue weighted by Gasteiger charge is -2.25. The van der Waals surface area contributed by atoms with E-state index in [1.54, 1.807) is 0 Å². The Kier molecular flexibility index (Phi) is 7.01. The highest BCUT2D eigenvalue weighted by atomic mass is 35.5. The van der Waals surface area contributed by atoms with Gasteiger partial charge in [-0.05, 0) is 54.7 Å². The van der Waals surface area contributed by atoms with E-state index in [1.165, 1.54) is 35.9 Å². The molecule has 0 fully saturated rings. The van der Waals surface area contributed by atoms with Gasteiger partial charge in [0.1, 0.15) is 22.6 Å². The molecule has 13 heteroatoms. The number of phenols is 1. The Labute approximate surface area is 226 Å². The molecule has 10 nitrogen and oxygen atoms in total. The van der Waals surface area contributed by atoms with Gasteiger partial charge in [-0.3, -0.25) is 9.78 Å². The van der Waals surface area contributed by atoms with Crippen molar-refractivity contribution in [2.75, 3.05) is 0 Å². The number of aromatic amines is 1. The number of hydrogen-bond acceptors (Lipinski definition) is 7. The summed E-state index contributed by atoms with van der Waals surface area (Å²) in [6.07, 6.45) is 2.83. The number of rotatable bonds is 6. The van der Waals surface area contributed by atoms with Crippen LogP contribution in [-0.2, 0) is 22.9 Å². The summed E-state index contributed by atoms with van der Waals surface area (Å²) in [4.78, 5) is 25.0. The molecule has 1 aromatic heterocycles. The standard InChI is InChI=1S/C25H20Cl2N4O6S/c26-19-10-17(31-25(34)29-23(33)13-28-31)11-20(27)24(19)37-18-7-8-21(32)22(12-18)38(35,36)30-16-6-5-14-3-1-2-4-15(14)9-16/h1-4,7-8,10-13,16,30,32H,5-6,9H2,(H,29,33,34). The molecule has 3 N–H and O–H groups in total. The van der Waals surface area contributed by atoms with E-state index in [0.29, 0.717) is 12.8 Å². The first-order valence-corrected chi connectivity index (χ1v) is 13.6. The number of halogens is 2. The number of sulfonamides is 1. The Hall–Kier alpha value is -3.64. The van der Waals surface area contributed by atoms with E-state index in [0.717, 1.165) is 22.9 Å². The number of aryl methyl sites for hydroxylation is 1. The number of phenolic OH excluding ortho intramolecular Hbond substituents is 1. The smallest absolute Gasteiger partial charge is 0.349 e. The van der Waals surface area contributed by atoms with Crippen molar-refractivity contribution in [1.82, 2.24) is 19.5 Å². The average Bonchev–Trinajstić information content (AvgIpc) is 2.86. The quantitative estimate of drug-likeness (QED) is 0.319. The van der Waals surface area contributed by atoms with Crippen molar-refractivity contribution < 1.29 is 18.3 Å². The van der Waals surface area contributed by atoms with Crippen LogP contribution < -0.4 is 20.7 Å². The molecule has 3 aromatic carbocycles. The Balaban J connectivity index is 1.40. The molecule has 0 saturated heterocycles. The van der Waals surface area contributed by atoms with Gasteiger partial charge in [-0.1, -0.05) is 47.5 Å². The molecule has 1 atom stereocenters. The Morgan fingerprint density at radius 1 is 1.05 bits per heavy atom. The number of nitrogens with one attached hydrogen (secondary N) is 2. The number of nitrogens with zero attached hydrogens (tertiary/aromatic N) is 2. The van der Waals surface area contributed by atoms with Gasteiger partial charge in [-0.2, -0.15) is 9.78 Å². The van der Waals surface area contributed by atoms with Crippen LogP contribution in [0.15, 0.2) is 75.3 Å². The second-order valence-corrected chi connectivity index (χ2v) is 11.1. The summed E-state index contributed by atoms with van der Waals surface area (Å²) < 4.78 is 35.7. The minimum Gasteiger partial charge on any atom is -0.507 e. The van der Waals surface area contributed by atoms with E-state index in [9.17, 15) is 23.1 Å². The van der Waals surface area contributed by atoms with Gasteiger partial charge in [0, 0.05) is 12.1 Å². The summed E-state index contributed by atoms with van der Waals surface area (Å²) in [6.45, 7) is 0. The molecule has 0 radical (unpaired) electrons. The van der Waals surface area contributed by atoms with Crippen LogP contribution in [0.2, 0.25) is 10.0 Å². The molecule has 5 rings (SSSR count). The van der Waals surface area contributed by atoms with Crippen molar-refractivity contribution in [3.8, 4) is 22.9 Å². The molecule has 0 aliphatic heterocycles. The number of H-pyrrole nitrogens is 1. The van der Waals surface area contributed by atoms with E-state index >= 15 is 0 Å². The average molecular weight is 575 g/mol. The molecule has 196 valence electrons. The lowest BCUT2D eigenvalue weighted by molar-refractivity contribution is 0.445. The summed E-state index contributed by atoms with van der Waals surface area (Å²) in [6, 6.07) is 14.0. The maximum atomic E-state index is 13.2. The predicted octanol–water partition coefficient (Wildman–Crippen LogP) is 3.56. The number of hydrogen-bond donors (Lipinski definition) is 3.